The number of hydrogen-bond acceptors (Lipinski definition) is 5. The average Bonchev–Trinajstić information content (AvgIpc) is 2.58. The third kappa shape index (κ3) is 6.59. The summed E-state index contributed by atoms with van der Waals surface area (Å²) in [6, 6.07) is 6.46. The van der Waals surface area contributed by atoms with E-state index in [1.807, 2.05) is 0 Å². The Hall–Kier alpha value is -2.91. The van der Waals surface area contributed by atoms with E-state index in [2.05, 4.69) is 17.2 Å². The Balaban J connectivity index is 2.65. The van der Waals surface area contributed by atoms with E-state index < -0.39 is 11.8 Å². The molecule has 0 aliphatic rings. The van der Waals surface area contributed by atoms with Gasteiger partial charge in [-0.1, -0.05) is 11.8 Å². The van der Waals surface area contributed by atoms with Crippen LogP contribution in [0.4, 0.5) is 0 Å². The lowest BCUT2D eigenvalue weighted by Gasteiger charge is -2.06. The van der Waals surface area contributed by atoms with Crippen LogP contribution in [0.3, 0.4) is 0 Å². The van der Waals surface area contributed by atoms with Crippen molar-refractivity contribution in [2.24, 2.45) is 0 Å². The van der Waals surface area contributed by atoms with Crippen molar-refractivity contribution in [2.75, 3.05) is 13.7 Å². The second-order valence-corrected chi connectivity index (χ2v) is 4.38. The standard InChI is InChI=1S/C16H16N2O5/c1-23-10-2-3-12-4-6-13(7-5-12)16(21)17-14(11-19)8-9-15(20)18-22/h4-7,22H,8-10H2,1H3,(H,17,21)(H,18,20). The van der Waals surface area contributed by atoms with Gasteiger partial charge in [-0.3, -0.25) is 14.8 Å². The maximum absolute atomic E-state index is 12.0. The molecular weight excluding hydrogens is 300 g/mol. The first-order valence-electron chi connectivity index (χ1n) is 6.66. The quantitative estimate of drug-likeness (QED) is 0.305. The van der Waals surface area contributed by atoms with Gasteiger partial charge in [0.25, 0.3) is 5.91 Å². The van der Waals surface area contributed by atoms with Crippen molar-refractivity contribution >= 4 is 17.8 Å². The molecule has 1 rings (SSSR count). The Kier molecular flexibility index (Phi) is 7.83. The predicted molar refractivity (Wildman–Crippen MR) is 81.0 cm³/mol. The summed E-state index contributed by atoms with van der Waals surface area (Å²) in [5, 5.41) is 10.7. The molecule has 0 saturated carbocycles. The molecule has 0 bridgehead atoms. The van der Waals surface area contributed by atoms with E-state index in [1.165, 1.54) is 5.48 Å². The molecule has 0 atom stereocenters. The number of ether oxygens (including phenoxy) is 1. The molecule has 1 aromatic carbocycles. The smallest absolute Gasteiger partial charge is 0.255 e. The largest absolute Gasteiger partial charge is 0.372 e. The van der Waals surface area contributed by atoms with E-state index in [1.54, 1.807) is 37.3 Å². The number of nitrogens with one attached hydrogen (secondary N) is 2. The van der Waals surface area contributed by atoms with Crippen molar-refractivity contribution in [1.29, 1.82) is 0 Å². The molecule has 7 nitrogen and oxygen atoms in total. The number of methoxy groups -OCH3 is 1. The van der Waals surface area contributed by atoms with Crippen LogP contribution in [-0.4, -0.2) is 36.7 Å². The van der Waals surface area contributed by atoms with E-state index in [4.69, 9.17) is 9.94 Å². The van der Waals surface area contributed by atoms with E-state index in [0.29, 0.717) is 12.2 Å². The fourth-order valence-corrected chi connectivity index (χ4v) is 1.56. The minimum absolute atomic E-state index is 0.0395. The summed E-state index contributed by atoms with van der Waals surface area (Å²) < 4.78 is 4.81. The van der Waals surface area contributed by atoms with Crippen LogP contribution in [0, 0.1) is 11.8 Å². The topological polar surface area (TPSA) is 105 Å². The van der Waals surface area contributed by atoms with Gasteiger partial charge in [0.15, 0.2) is 0 Å². The Morgan fingerprint density at radius 1 is 1.22 bits per heavy atom. The second kappa shape index (κ2) is 9.92. The fraction of sp³-hybridized carbons (Fsp3) is 0.250. The molecule has 2 amide bonds. The summed E-state index contributed by atoms with van der Waals surface area (Å²) in [6.07, 6.45) is -0.183. The normalized spacial score (nSPS) is 9.13. The van der Waals surface area contributed by atoms with E-state index >= 15 is 0 Å². The number of benzene rings is 1. The number of hydrogen-bond donors (Lipinski definition) is 3. The van der Waals surface area contributed by atoms with Crippen molar-refractivity contribution in [3.05, 3.63) is 41.1 Å². The predicted octanol–water partition coefficient (Wildman–Crippen LogP) is 0.415. The van der Waals surface area contributed by atoms with Crippen LogP contribution in [0.25, 0.3) is 0 Å². The number of rotatable bonds is 6. The molecular formula is C16H16N2O5. The number of carbonyl (C=O) groups is 2. The maximum Gasteiger partial charge on any atom is 0.255 e. The highest BCUT2D eigenvalue weighted by Crippen LogP contribution is 2.05. The lowest BCUT2D eigenvalue weighted by molar-refractivity contribution is -0.129. The highest BCUT2D eigenvalue weighted by atomic mass is 16.5. The molecule has 0 radical (unpaired) electrons. The van der Waals surface area contributed by atoms with Crippen LogP contribution >= 0.6 is 0 Å². The lowest BCUT2D eigenvalue weighted by atomic mass is 10.1. The molecule has 1 aromatic rings. The highest BCUT2D eigenvalue weighted by Gasteiger charge is 2.10. The summed E-state index contributed by atoms with van der Waals surface area (Å²) in [4.78, 5) is 33.7. The summed E-state index contributed by atoms with van der Waals surface area (Å²) in [6.45, 7) is 0.317. The van der Waals surface area contributed by atoms with Gasteiger partial charge in [0.1, 0.15) is 18.2 Å². The molecule has 0 unspecified atom stereocenters. The maximum atomic E-state index is 12.0. The minimum Gasteiger partial charge on any atom is -0.372 e. The van der Waals surface area contributed by atoms with Crippen LogP contribution in [-0.2, 0) is 14.3 Å². The summed E-state index contributed by atoms with van der Waals surface area (Å²) >= 11 is 0. The Bertz CT molecular complexity index is 664. The molecule has 0 spiro atoms. The van der Waals surface area contributed by atoms with Gasteiger partial charge in [0.2, 0.25) is 5.91 Å². The Morgan fingerprint density at radius 3 is 2.48 bits per heavy atom. The molecule has 0 fully saturated rings. The van der Waals surface area contributed by atoms with Crippen LogP contribution in [0.5, 0.6) is 0 Å². The van der Waals surface area contributed by atoms with Crippen LogP contribution in [0.1, 0.15) is 28.8 Å². The molecule has 3 N–H and O–H groups in total. The zero-order valence-electron chi connectivity index (χ0n) is 12.5. The average molecular weight is 316 g/mol. The van der Waals surface area contributed by atoms with Crippen LogP contribution in [0.15, 0.2) is 30.0 Å². The molecule has 0 aromatic heterocycles. The number of hydroxylamine groups is 1. The van der Waals surface area contributed by atoms with Crippen molar-refractivity contribution in [3.63, 3.8) is 0 Å². The summed E-state index contributed by atoms with van der Waals surface area (Å²) in [5.74, 6) is 6.06. The second-order valence-electron chi connectivity index (χ2n) is 4.38. The highest BCUT2D eigenvalue weighted by molar-refractivity contribution is 5.96. The molecule has 7 heteroatoms. The third-order valence-electron chi connectivity index (χ3n) is 2.71. The van der Waals surface area contributed by atoms with Crippen molar-refractivity contribution in [3.8, 4) is 11.8 Å². The van der Waals surface area contributed by atoms with Crippen molar-refractivity contribution in [2.45, 2.75) is 12.8 Å². The Labute approximate surface area is 133 Å². The van der Waals surface area contributed by atoms with E-state index in [0.717, 1.165) is 5.56 Å². The first-order chi connectivity index (χ1) is 11.1. The number of amides is 2. The SMILES string of the molecule is COCC#Cc1ccc(C(=O)NC(=C=O)CCC(=O)NO)cc1. The van der Waals surface area contributed by atoms with Crippen LogP contribution < -0.4 is 10.8 Å². The molecule has 0 heterocycles. The van der Waals surface area contributed by atoms with Gasteiger partial charge in [-0.05, 0) is 24.3 Å². The van der Waals surface area contributed by atoms with Crippen LogP contribution in [0.2, 0.25) is 0 Å². The number of allylic oxidation sites excluding steroid dienone is 1. The van der Waals surface area contributed by atoms with Gasteiger partial charge in [-0.25, -0.2) is 10.3 Å². The van der Waals surface area contributed by atoms with Gasteiger partial charge in [0.05, 0.1) is 0 Å². The lowest BCUT2D eigenvalue weighted by Crippen LogP contribution is -2.25. The van der Waals surface area contributed by atoms with Gasteiger partial charge < -0.3 is 10.1 Å². The fourth-order valence-electron chi connectivity index (χ4n) is 1.56. The van der Waals surface area contributed by atoms with Crippen molar-refractivity contribution in [1.82, 2.24) is 10.8 Å². The van der Waals surface area contributed by atoms with Gasteiger partial charge in [-0.2, -0.15) is 0 Å². The number of carbonyl (C=O) groups excluding carboxylic acids is 3. The summed E-state index contributed by atoms with van der Waals surface area (Å²) in [5.41, 5.74) is 2.43. The zero-order chi connectivity index (χ0) is 17.1. The molecule has 23 heavy (non-hydrogen) atoms. The summed E-state index contributed by atoms with van der Waals surface area (Å²) in [7, 11) is 1.55. The van der Waals surface area contributed by atoms with Gasteiger partial charge >= 0.3 is 0 Å². The van der Waals surface area contributed by atoms with E-state index in [-0.39, 0.29) is 18.5 Å². The molecule has 0 aliphatic heterocycles. The first-order valence-corrected chi connectivity index (χ1v) is 6.66. The van der Waals surface area contributed by atoms with Gasteiger partial charge in [0, 0.05) is 31.1 Å². The minimum atomic E-state index is -0.661. The molecule has 120 valence electrons. The first kappa shape index (κ1) is 18.1. The monoisotopic (exact) mass is 316 g/mol. The molecule has 0 aliphatic carbocycles. The van der Waals surface area contributed by atoms with Crippen molar-refractivity contribution < 1.29 is 24.3 Å². The zero-order valence-corrected chi connectivity index (χ0v) is 12.5. The van der Waals surface area contributed by atoms with E-state index in [9.17, 15) is 14.4 Å². The Morgan fingerprint density at radius 2 is 1.91 bits per heavy atom. The third-order valence-corrected chi connectivity index (χ3v) is 2.71. The van der Waals surface area contributed by atoms with Gasteiger partial charge in [-0.15, -0.1) is 0 Å². The molecule has 0 saturated heterocycles.